The Morgan fingerprint density at radius 1 is 1.19 bits per heavy atom. The van der Waals surface area contributed by atoms with Crippen LogP contribution in [-0.2, 0) is 7.05 Å². The molecule has 1 N–H and O–H groups in total. The van der Waals surface area contributed by atoms with E-state index in [1.54, 1.807) is 31.4 Å². The van der Waals surface area contributed by atoms with Gasteiger partial charge in [-0.15, -0.1) is 0 Å². The van der Waals surface area contributed by atoms with E-state index in [2.05, 4.69) is 5.16 Å². The maximum Gasteiger partial charge on any atom is 0.250 e. The molecule has 0 amide bonds. The van der Waals surface area contributed by atoms with E-state index in [0.717, 1.165) is 11.1 Å². The summed E-state index contributed by atoms with van der Waals surface area (Å²) in [7, 11) is 1.63. The minimum Gasteiger partial charge on any atom is -0.488 e. The predicted octanol–water partition coefficient (Wildman–Crippen LogP) is 5.67. The molecule has 3 rings (SSSR count). The fourth-order valence-electron chi connectivity index (χ4n) is 3.70. The molecule has 0 aliphatic carbocycles. The highest BCUT2D eigenvalue weighted by Gasteiger charge is 2.22. The second-order valence-corrected chi connectivity index (χ2v) is 8.46. The van der Waals surface area contributed by atoms with Gasteiger partial charge in [0.2, 0.25) is 5.56 Å². The molecule has 5 nitrogen and oxygen atoms in total. The molecule has 7 heteroatoms. The second-order valence-electron chi connectivity index (χ2n) is 8.03. The molecule has 0 aliphatic rings. The molecule has 1 unspecified atom stereocenters. The first-order valence-corrected chi connectivity index (χ1v) is 10.7. The van der Waals surface area contributed by atoms with Crippen molar-refractivity contribution in [1.29, 1.82) is 0 Å². The molecule has 0 radical (unpaired) electrons. The quantitative estimate of drug-likeness (QED) is 0.283. The first-order valence-electron chi connectivity index (χ1n) is 10.3. The Balaban J connectivity index is 2.07. The van der Waals surface area contributed by atoms with Crippen LogP contribution in [0.1, 0.15) is 48.4 Å². The molecule has 168 valence electrons. The lowest BCUT2D eigenvalue weighted by atomic mass is 9.83. The van der Waals surface area contributed by atoms with E-state index in [1.807, 2.05) is 39.0 Å². The molecule has 1 atom stereocenters. The lowest BCUT2D eigenvalue weighted by molar-refractivity contribution is 0.231. The van der Waals surface area contributed by atoms with Crippen molar-refractivity contribution in [3.63, 3.8) is 0 Å². The van der Waals surface area contributed by atoms with Crippen LogP contribution in [0, 0.1) is 12.7 Å². The van der Waals surface area contributed by atoms with E-state index in [1.165, 1.54) is 16.7 Å². The predicted molar refractivity (Wildman–Crippen MR) is 125 cm³/mol. The zero-order valence-corrected chi connectivity index (χ0v) is 19.2. The molecule has 1 aromatic heterocycles. The number of hydrogen-bond acceptors (Lipinski definition) is 4. The monoisotopic (exact) mass is 456 g/mol. The third-order valence-corrected chi connectivity index (χ3v) is 5.50. The van der Waals surface area contributed by atoms with Crippen molar-refractivity contribution in [2.45, 2.75) is 39.2 Å². The molecule has 32 heavy (non-hydrogen) atoms. The standard InChI is InChI=1S/C25H26ClFN2O3/c1-15(2)32-24-9-5-17(12-22(24)27)21(20-8-7-19(26)11-16(20)3)13-23(28-31)18-6-10-25(30)29(4)14-18/h5-12,14-15,21,31H,13H2,1-4H3/b28-23-. The van der Waals surface area contributed by atoms with Crippen molar-refractivity contribution in [2.75, 3.05) is 0 Å². The SMILES string of the molecule is Cc1cc(Cl)ccc1C(C/C(=N/O)c1ccc(=O)n(C)c1)c1ccc(OC(C)C)c(F)c1. The Labute approximate surface area is 191 Å². The van der Waals surface area contributed by atoms with Crippen molar-refractivity contribution in [1.82, 2.24) is 4.57 Å². The summed E-state index contributed by atoms with van der Waals surface area (Å²) in [5.41, 5.74) is 3.38. The highest BCUT2D eigenvalue weighted by atomic mass is 35.5. The minimum atomic E-state index is -0.461. The Hall–Kier alpha value is -3.12. The van der Waals surface area contributed by atoms with Gasteiger partial charge in [-0.2, -0.15) is 0 Å². The zero-order valence-electron chi connectivity index (χ0n) is 18.5. The van der Waals surface area contributed by atoms with Crippen LogP contribution in [0.3, 0.4) is 0 Å². The highest BCUT2D eigenvalue weighted by Crippen LogP contribution is 2.35. The number of aryl methyl sites for hydroxylation is 2. The average molecular weight is 457 g/mol. The maximum absolute atomic E-state index is 14.8. The Morgan fingerprint density at radius 2 is 1.94 bits per heavy atom. The molecule has 0 saturated carbocycles. The van der Waals surface area contributed by atoms with Gasteiger partial charge in [-0.05, 0) is 67.8 Å². The van der Waals surface area contributed by atoms with Gasteiger partial charge in [0.1, 0.15) is 0 Å². The van der Waals surface area contributed by atoms with Crippen molar-refractivity contribution < 1.29 is 14.3 Å². The molecule has 0 fully saturated rings. The smallest absolute Gasteiger partial charge is 0.250 e. The summed E-state index contributed by atoms with van der Waals surface area (Å²) < 4.78 is 21.8. The number of hydrogen-bond donors (Lipinski definition) is 1. The van der Waals surface area contributed by atoms with Crippen LogP contribution in [-0.4, -0.2) is 21.6 Å². The molecular formula is C25H26ClFN2O3. The van der Waals surface area contributed by atoms with Crippen LogP contribution in [0.5, 0.6) is 5.75 Å². The number of oxime groups is 1. The summed E-state index contributed by atoms with van der Waals surface area (Å²) in [5.74, 6) is -0.597. The Morgan fingerprint density at radius 3 is 2.53 bits per heavy atom. The number of rotatable bonds is 7. The highest BCUT2D eigenvalue weighted by molar-refractivity contribution is 6.30. The molecule has 3 aromatic rings. The Kier molecular flexibility index (Phi) is 7.36. The Bertz CT molecular complexity index is 1200. The van der Waals surface area contributed by atoms with Gasteiger partial charge in [-0.3, -0.25) is 4.79 Å². The van der Waals surface area contributed by atoms with Gasteiger partial charge in [0.25, 0.3) is 0 Å². The number of ether oxygens (including phenoxy) is 1. The number of halogens is 2. The van der Waals surface area contributed by atoms with Crippen LogP contribution in [0.2, 0.25) is 5.02 Å². The fourth-order valence-corrected chi connectivity index (χ4v) is 3.92. The van der Waals surface area contributed by atoms with Crippen LogP contribution >= 0.6 is 11.6 Å². The summed E-state index contributed by atoms with van der Waals surface area (Å²) in [6.45, 7) is 5.61. The first kappa shape index (κ1) is 23.5. The van der Waals surface area contributed by atoms with Gasteiger partial charge < -0.3 is 14.5 Å². The zero-order chi connectivity index (χ0) is 23.4. The van der Waals surface area contributed by atoms with Gasteiger partial charge in [-0.25, -0.2) is 4.39 Å². The number of pyridine rings is 1. The average Bonchev–Trinajstić information content (AvgIpc) is 2.73. The summed E-state index contributed by atoms with van der Waals surface area (Å²) in [6, 6.07) is 13.4. The van der Waals surface area contributed by atoms with E-state index < -0.39 is 5.82 Å². The van der Waals surface area contributed by atoms with Crippen molar-refractivity contribution in [2.24, 2.45) is 12.2 Å². The van der Waals surface area contributed by atoms with E-state index >= 15 is 0 Å². The lowest BCUT2D eigenvalue weighted by Crippen LogP contribution is -2.18. The van der Waals surface area contributed by atoms with Gasteiger partial charge in [0, 0.05) is 42.2 Å². The minimum absolute atomic E-state index is 0.150. The van der Waals surface area contributed by atoms with Crippen LogP contribution in [0.4, 0.5) is 4.39 Å². The van der Waals surface area contributed by atoms with E-state index in [0.29, 0.717) is 21.9 Å². The molecule has 0 spiro atoms. The van der Waals surface area contributed by atoms with Crippen molar-refractivity contribution >= 4 is 17.3 Å². The summed E-state index contributed by atoms with van der Waals surface area (Å²) in [4.78, 5) is 11.8. The molecule has 2 aromatic carbocycles. The van der Waals surface area contributed by atoms with Gasteiger partial charge in [-0.1, -0.05) is 28.9 Å². The number of benzene rings is 2. The van der Waals surface area contributed by atoms with Gasteiger partial charge in [0.05, 0.1) is 11.8 Å². The summed E-state index contributed by atoms with van der Waals surface area (Å²) in [5, 5.41) is 13.9. The summed E-state index contributed by atoms with van der Waals surface area (Å²) in [6.07, 6.45) is 1.74. The van der Waals surface area contributed by atoms with Crippen LogP contribution in [0.25, 0.3) is 0 Å². The topological polar surface area (TPSA) is 63.8 Å². The molecule has 0 bridgehead atoms. The van der Waals surface area contributed by atoms with Crippen molar-refractivity contribution in [3.05, 3.63) is 98.2 Å². The largest absolute Gasteiger partial charge is 0.488 e. The van der Waals surface area contributed by atoms with E-state index in [9.17, 15) is 14.4 Å². The van der Waals surface area contributed by atoms with Gasteiger partial charge in [0.15, 0.2) is 11.6 Å². The van der Waals surface area contributed by atoms with Crippen LogP contribution < -0.4 is 10.3 Å². The molecule has 1 heterocycles. The lowest BCUT2D eigenvalue weighted by Gasteiger charge is -2.22. The third kappa shape index (κ3) is 5.37. The van der Waals surface area contributed by atoms with Crippen LogP contribution in [0.15, 0.2) is 64.7 Å². The number of aromatic nitrogens is 1. The normalized spacial score (nSPS) is 12.8. The number of nitrogens with zero attached hydrogens (tertiary/aromatic N) is 2. The molecule has 0 saturated heterocycles. The van der Waals surface area contributed by atoms with E-state index in [-0.39, 0.29) is 29.8 Å². The molecule has 0 aliphatic heterocycles. The van der Waals surface area contributed by atoms with E-state index in [4.69, 9.17) is 16.3 Å². The maximum atomic E-state index is 14.8. The molecular weight excluding hydrogens is 431 g/mol. The first-order chi connectivity index (χ1) is 15.2. The van der Waals surface area contributed by atoms with Gasteiger partial charge >= 0.3 is 0 Å². The van der Waals surface area contributed by atoms with Crippen molar-refractivity contribution in [3.8, 4) is 5.75 Å². The summed E-state index contributed by atoms with van der Waals surface area (Å²) >= 11 is 6.15. The fraction of sp³-hybridized carbons (Fsp3) is 0.280. The second kappa shape index (κ2) is 10.0. The third-order valence-electron chi connectivity index (χ3n) is 5.27.